The molecule has 3 rings (SSSR count). The van der Waals surface area contributed by atoms with Crippen molar-refractivity contribution in [1.29, 1.82) is 0 Å². The molecular formula is C15H19N3O3. The highest BCUT2D eigenvalue weighted by Crippen LogP contribution is 2.13. The van der Waals surface area contributed by atoms with Gasteiger partial charge in [-0.25, -0.2) is 9.78 Å². The molecule has 0 spiro atoms. The summed E-state index contributed by atoms with van der Waals surface area (Å²) in [6, 6.07) is 4.06. The highest BCUT2D eigenvalue weighted by Gasteiger charge is 2.27. The minimum Gasteiger partial charge on any atom is -0.467 e. The van der Waals surface area contributed by atoms with E-state index in [2.05, 4.69) is 23.0 Å². The van der Waals surface area contributed by atoms with Crippen molar-refractivity contribution in [3.63, 3.8) is 0 Å². The molecule has 6 nitrogen and oxygen atoms in total. The standard InChI is InChI=1S/C15H19N3O3/c1-11-3-4-14-16-12(9-18(14)7-11)8-17-5-6-21-13(10-17)15(19)20-2/h3-4,7,9,13H,5-6,8,10H2,1-2H3. The molecule has 2 aromatic heterocycles. The minimum absolute atomic E-state index is 0.315. The zero-order valence-electron chi connectivity index (χ0n) is 12.3. The average Bonchev–Trinajstić information content (AvgIpc) is 2.88. The van der Waals surface area contributed by atoms with E-state index in [0.29, 0.717) is 19.7 Å². The molecule has 1 aliphatic heterocycles. The van der Waals surface area contributed by atoms with Crippen LogP contribution in [-0.2, 0) is 20.8 Å². The Hall–Kier alpha value is -1.92. The third-order valence-corrected chi connectivity index (χ3v) is 3.65. The molecule has 6 heteroatoms. The molecule has 2 aromatic rings. The second-order valence-electron chi connectivity index (χ2n) is 5.32. The zero-order valence-corrected chi connectivity index (χ0v) is 12.3. The first kappa shape index (κ1) is 14.0. The van der Waals surface area contributed by atoms with Gasteiger partial charge in [0.15, 0.2) is 6.10 Å². The topological polar surface area (TPSA) is 56.1 Å². The number of fused-ring (bicyclic) bond motifs is 1. The molecule has 112 valence electrons. The van der Waals surface area contributed by atoms with Crippen LogP contribution in [-0.4, -0.2) is 53.2 Å². The normalized spacial score (nSPS) is 19.8. The first-order valence-electron chi connectivity index (χ1n) is 7.02. The summed E-state index contributed by atoms with van der Waals surface area (Å²) < 4.78 is 12.2. The van der Waals surface area contributed by atoms with E-state index in [4.69, 9.17) is 9.47 Å². The van der Waals surface area contributed by atoms with Gasteiger partial charge < -0.3 is 13.9 Å². The summed E-state index contributed by atoms with van der Waals surface area (Å²) in [5, 5.41) is 0. The number of methoxy groups -OCH3 is 1. The number of morpholine rings is 1. The molecule has 0 aliphatic carbocycles. The van der Waals surface area contributed by atoms with Crippen molar-refractivity contribution in [2.24, 2.45) is 0 Å². The maximum Gasteiger partial charge on any atom is 0.336 e. The number of carbonyl (C=O) groups excluding carboxylic acids is 1. The van der Waals surface area contributed by atoms with E-state index in [0.717, 1.165) is 17.9 Å². The van der Waals surface area contributed by atoms with E-state index in [9.17, 15) is 4.79 Å². The molecular weight excluding hydrogens is 270 g/mol. The molecule has 1 saturated heterocycles. The summed E-state index contributed by atoms with van der Waals surface area (Å²) in [5.74, 6) is -0.315. The Labute approximate surface area is 123 Å². The van der Waals surface area contributed by atoms with Crippen molar-refractivity contribution in [2.75, 3.05) is 26.8 Å². The molecule has 0 radical (unpaired) electrons. The lowest BCUT2D eigenvalue weighted by atomic mass is 10.2. The largest absolute Gasteiger partial charge is 0.467 e. The monoisotopic (exact) mass is 289 g/mol. The Kier molecular flexibility index (Phi) is 3.90. The fraction of sp³-hybridized carbons (Fsp3) is 0.467. The van der Waals surface area contributed by atoms with Crippen LogP contribution in [0, 0.1) is 6.92 Å². The summed E-state index contributed by atoms with van der Waals surface area (Å²) in [7, 11) is 1.38. The van der Waals surface area contributed by atoms with Crippen LogP contribution in [0.3, 0.4) is 0 Å². The van der Waals surface area contributed by atoms with Crippen LogP contribution in [0.2, 0.25) is 0 Å². The maximum absolute atomic E-state index is 11.5. The second-order valence-corrected chi connectivity index (χ2v) is 5.32. The van der Waals surface area contributed by atoms with E-state index in [1.165, 1.54) is 12.7 Å². The van der Waals surface area contributed by atoms with E-state index >= 15 is 0 Å². The van der Waals surface area contributed by atoms with E-state index in [1.54, 1.807) is 0 Å². The first-order valence-corrected chi connectivity index (χ1v) is 7.02. The van der Waals surface area contributed by atoms with Gasteiger partial charge in [-0.3, -0.25) is 4.90 Å². The Morgan fingerprint density at radius 2 is 2.33 bits per heavy atom. The van der Waals surface area contributed by atoms with Crippen LogP contribution >= 0.6 is 0 Å². The highest BCUT2D eigenvalue weighted by molar-refractivity contribution is 5.74. The Balaban J connectivity index is 1.71. The summed E-state index contributed by atoms with van der Waals surface area (Å²) >= 11 is 0. The van der Waals surface area contributed by atoms with Crippen LogP contribution in [0.4, 0.5) is 0 Å². The van der Waals surface area contributed by atoms with Gasteiger partial charge in [0.25, 0.3) is 0 Å². The van der Waals surface area contributed by atoms with Crippen LogP contribution in [0.15, 0.2) is 24.5 Å². The number of aryl methyl sites for hydroxylation is 1. The molecule has 0 bridgehead atoms. The van der Waals surface area contributed by atoms with Crippen molar-refractivity contribution < 1.29 is 14.3 Å². The van der Waals surface area contributed by atoms with Crippen LogP contribution in [0.1, 0.15) is 11.3 Å². The Morgan fingerprint density at radius 3 is 3.14 bits per heavy atom. The number of imidazole rings is 1. The summed E-state index contributed by atoms with van der Waals surface area (Å²) in [6.45, 7) is 4.63. The van der Waals surface area contributed by atoms with Gasteiger partial charge in [-0.1, -0.05) is 6.07 Å². The van der Waals surface area contributed by atoms with Gasteiger partial charge in [0, 0.05) is 32.0 Å². The molecule has 0 aromatic carbocycles. The molecule has 1 atom stereocenters. The van der Waals surface area contributed by atoms with Crippen molar-refractivity contribution >= 4 is 11.6 Å². The lowest BCUT2D eigenvalue weighted by molar-refractivity contribution is -0.160. The van der Waals surface area contributed by atoms with Gasteiger partial charge >= 0.3 is 5.97 Å². The minimum atomic E-state index is -0.497. The van der Waals surface area contributed by atoms with Crippen molar-refractivity contribution in [2.45, 2.75) is 19.6 Å². The molecule has 0 saturated carbocycles. The number of aromatic nitrogens is 2. The third kappa shape index (κ3) is 3.06. The van der Waals surface area contributed by atoms with Crippen LogP contribution in [0.5, 0.6) is 0 Å². The molecule has 21 heavy (non-hydrogen) atoms. The van der Waals surface area contributed by atoms with E-state index in [-0.39, 0.29) is 5.97 Å². The van der Waals surface area contributed by atoms with Crippen molar-refractivity contribution in [3.8, 4) is 0 Å². The van der Waals surface area contributed by atoms with Crippen molar-refractivity contribution in [3.05, 3.63) is 35.8 Å². The number of hydrogen-bond acceptors (Lipinski definition) is 5. The van der Waals surface area contributed by atoms with Gasteiger partial charge in [-0.05, 0) is 18.6 Å². The fourth-order valence-corrected chi connectivity index (χ4v) is 2.58. The molecule has 3 heterocycles. The van der Waals surface area contributed by atoms with E-state index in [1.807, 2.05) is 22.7 Å². The van der Waals surface area contributed by atoms with E-state index < -0.39 is 6.10 Å². The molecule has 1 unspecified atom stereocenters. The summed E-state index contributed by atoms with van der Waals surface area (Å²) in [4.78, 5) is 18.3. The van der Waals surface area contributed by atoms with Crippen molar-refractivity contribution in [1.82, 2.24) is 14.3 Å². The van der Waals surface area contributed by atoms with Gasteiger partial charge in [-0.15, -0.1) is 0 Å². The highest BCUT2D eigenvalue weighted by atomic mass is 16.6. The zero-order chi connectivity index (χ0) is 14.8. The number of esters is 1. The summed E-state index contributed by atoms with van der Waals surface area (Å²) in [6.07, 6.45) is 3.59. The number of carbonyl (C=O) groups is 1. The number of hydrogen-bond donors (Lipinski definition) is 0. The molecule has 1 aliphatic rings. The SMILES string of the molecule is COC(=O)C1CN(Cc2cn3cc(C)ccc3n2)CCO1. The third-order valence-electron chi connectivity index (χ3n) is 3.65. The molecule has 0 N–H and O–H groups in total. The lowest BCUT2D eigenvalue weighted by Gasteiger charge is -2.30. The number of nitrogens with zero attached hydrogens (tertiary/aromatic N) is 3. The van der Waals surface area contributed by atoms with Gasteiger partial charge in [-0.2, -0.15) is 0 Å². The maximum atomic E-state index is 11.5. The number of ether oxygens (including phenoxy) is 2. The van der Waals surface area contributed by atoms with Gasteiger partial charge in [0.1, 0.15) is 5.65 Å². The summed E-state index contributed by atoms with van der Waals surface area (Å²) in [5.41, 5.74) is 3.13. The van der Waals surface area contributed by atoms with Crippen LogP contribution < -0.4 is 0 Å². The van der Waals surface area contributed by atoms with Gasteiger partial charge in [0.05, 0.1) is 19.4 Å². The lowest BCUT2D eigenvalue weighted by Crippen LogP contribution is -2.46. The van der Waals surface area contributed by atoms with Gasteiger partial charge in [0.2, 0.25) is 0 Å². The number of rotatable bonds is 3. The second kappa shape index (κ2) is 5.83. The number of pyridine rings is 1. The Morgan fingerprint density at radius 1 is 1.48 bits per heavy atom. The molecule has 0 amide bonds. The average molecular weight is 289 g/mol. The predicted octanol–water partition coefficient (Wildman–Crippen LogP) is 1.02. The fourth-order valence-electron chi connectivity index (χ4n) is 2.58. The first-order chi connectivity index (χ1) is 10.2. The Bertz CT molecular complexity index is 653. The quantitative estimate of drug-likeness (QED) is 0.790. The predicted molar refractivity (Wildman–Crippen MR) is 77.0 cm³/mol. The van der Waals surface area contributed by atoms with Crippen LogP contribution in [0.25, 0.3) is 5.65 Å². The molecule has 1 fully saturated rings. The smallest absolute Gasteiger partial charge is 0.336 e.